The fourth-order valence-electron chi connectivity index (χ4n) is 1.78. The fourth-order valence-corrected chi connectivity index (χ4v) is 1.78. The summed E-state index contributed by atoms with van der Waals surface area (Å²) in [5.74, 6) is -0.683. The Kier molecular flexibility index (Phi) is 5.19. The van der Waals surface area contributed by atoms with E-state index in [4.69, 9.17) is 4.74 Å². The molecule has 1 aliphatic heterocycles. The molecular formula is C11H16N2O4. The molecule has 1 aliphatic rings. The molecule has 1 N–H and O–H groups in total. The first-order chi connectivity index (χ1) is 8.20. The van der Waals surface area contributed by atoms with E-state index in [1.807, 2.05) is 0 Å². The van der Waals surface area contributed by atoms with E-state index in [0.717, 1.165) is 6.42 Å². The van der Waals surface area contributed by atoms with Gasteiger partial charge in [0.15, 0.2) is 0 Å². The summed E-state index contributed by atoms with van der Waals surface area (Å²) in [6, 6.07) is -0.532. The highest BCUT2D eigenvalue weighted by Gasteiger charge is 2.34. The first-order valence-electron chi connectivity index (χ1n) is 5.44. The molecule has 1 atom stereocenters. The molecule has 0 saturated carbocycles. The van der Waals surface area contributed by atoms with Gasteiger partial charge in [0.2, 0.25) is 12.3 Å². The van der Waals surface area contributed by atoms with Gasteiger partial charge in [-0.25, -0.2) is 4.79 Å². The lowest BCUT2D eigenvalue weighted by molar-refractivity contribution is -0.152. The second kappa shape index (κ2) is 6.67. The number of rotatable bonds is 6. The van der Waals surface area contributed by atoms with Crippen LogP contribution in [0.1, 0.15) is 12.8 Å². The molecule has 1 rings (SSSR count). The maximum absolute atomic E-state index is 11.7. The Balaban J connectivity index is 2.53. The smallest absolute Gasteiger partial charge is 0.329 e. The molecule has 0 unspecified atom stereocenters. The molecule has 94 valence electrons. The van der Waals surface area contributed by atoms with Crippen molar-refractivity contribution in [1.29, 1.82) is 0 Å². The second-order valence-corrected chi connectivity index (χ2v) is 3.66. The quantitative estimate of drug-likeness (QED) is 0.384. The first kappa shape index (κ1) is 13.2. The number of nitrogens with one attached hydrogen (secondary N) is 1. The minimum atomic E-state index is -0.532. The van der Waals surface area contributed by atoms with E-state index in [0.29, 0.717) is 19.4 Å². The number of esters is 1. The Hall–Kier alpha value is -1.85. The average Bonchev–Trinajstić information content (AvgIpc) is 2.82. The topological polar surface area (TPSA) is 75.7 Å². The van der Waals surface area contributed by atoms with E-state index >= 15 is 0 Å². The van der Waals surface area contributed by atoms with E-state index in [9.17, 15) is 14.4 Å². The molecule has 1 saturated heterocycles. The highest BCUT2D eigenvalue weighted by Crippen LogP contribution is 2.18. The number of nitrogens with zero attached hydrogens (tertiary/aromatic N) is 1. The van der Waals surface area contributed by atoms with Gasteiger partial charge >= 0.3 is 5.97 Å². The van der Waals surface area contributed by atoms with Gasteiger partial charge in [-0.3, -0.25) is 9.59 Å². The third-order valence-electron chi connectivity index (χ3n) is 2.53. The monoisotopic (exact) mass is 240 g/mol. The van der Waals surface area contributed by atoms with Gasteiger partial charge in [0, 0.05) is 6.54 Å². The molecule has 17 heavy (non-hydrogen) atoms. The predicted octanol–water partition coefficient (Wildman–Crippen LogP) is -0.547. The van der Waals surface area contributed by atoms with Gasteiger partial charge in [-0.1, -0.05) is 12.7 Å². The molecule has 1 heterocycles. The number of amides is 2. The summed E-state index contributed by atoms with van der Waals surface area (Å²) in [6.07, 6.45) is 3.30. The molecule has 0 aromatic carbocycles. The average molecular weight is 240 g/mol. The van der Waals surface area contributed by atoms with Crippen molar-refractivity contribution >= 4 is 18.3 Å². The Morgan fingerprint density at radius 2 is 2.29 bits per heavy atom. The van der Waals surface area contributed by atoms with Crippen LogP contribution in [0.25, 0.3) is 0 Å². The van der Waals surface area contributed by atoms with Crippen molar-refractivity contribution in [2.45, 2.75) is 18.9 Å². The normalized spacial score (nSPS) is 18.6. The number of carbonyl (C=O) groups is 3. The Bertz CT molecular complexity index is 287. The van der Waals surface area contributed by atoms with Crippen molar-refractivity contribution in [3.05, 3.63) is 12.7 Å². The van der Waals surface area contributed by atoms with Crippen LogP contribution in [0.2, 0.25) is 0 Å². The Labute approximate surface area is 99.6 Å². The molecule has 1 fully saturated rings. The minimum absolute atomic E-state index is 0.0886. The first-order valence-corrected chi connectivity index (χ1v) is 5.44. The third kappa shape index (κ3) is 3.58. The fraction of sp³-hybridized carbons (Fsp3) is 0.545. The third-order valence-corrected chi connectivity index (χ3v) is 2.53. The van der Waals surface area contributed by atoms with E-state index < -0.39 is 12.0 Å². The van der Waals surface area contributed by atoms with Crippen molar-refractivity contribution < 1.29 is 19.1 Å². The van der Waals surface area contributed by atoms with Crippen molar-refractivity contribution in [2.24, 2.45) is 0 Å². The molecule has 0 bridgehead atoms. The van der Waals surface area contributed by atoms with E-state index in [1.165, 1.54) is 11.0 Å². The molecule has 0 aromatic heterocycles. The number of likely N-dealkylation sites (tertiary alicyclic amines) is 1. The van der Waals surface area contributed by atoms with E-state index in [1.54, 1.807) is 0 Å². The zero-order valence-corrected chi connectivity index (χ0v) is 9.55. The second-order valence-electron chi connectivity index (χ2n) is 3.66. The highest BCUT2D eigenvalue weighted by atomic mass is 16.5. The van der Waals surface area contributed by atoms with Gasteiger partial charge in [0.25, 0.3) is 0 Å². The molecule has 6 nitrogen and oxygen atoms in total. The molecule has 0 radical (unpaired) electrons. The number of ether oxygens (including phenoxy) is 1. The summed E-state index contributed by atoms with van der Waals surface area (Å²) >= 11 is 0. The molecule has 2 amide bonds. The predicted molar refractivity (Wildman–Crippen MR) is 60.0 cm³/mol. The van der Waals surface area contributed by atoms with Crippen LogP contribution in [0, 0.1) is 0 Å². The lowest BCUT2D eigenvalue weighted by Gasteiger charge is -2.22. The maximum atomic E-state index is 11.7. The van der Waals surface area contributed by atoms with Crippen molar-refractivity contribution in [3.63, 3.8) is 0 Å². The summed E-state index contributed by atoms with van der Waals surface area (Å²) in [5.41, 5.74) is 0. The number of hydrogen-bond donors (Lipinski definition) is 1. The van der Waals surface area contributed by atoms with Gasteiger partial charge in [-0.2, -0.15) is 0 Å². The maximum Gasteiger partial charge on any atom is 0.329 e. The van der Waals surface area contributed by atoms with Crippen LogP contribution in [0.5, 0.6) is 0 Å². The molecule has 0 aromatic rings. The lowest BCUT2D eigenvalue weighted by Crippen LogP contribution is -2.45. The van der Waals surface area contributed by atoms with Crippen LogP contribution in [0.3, 0.4) is 0 Å². The zero-order chi connectivity index (χ0) is 12.7. The zero-order valence-electron chi connectivity index (χ0n) is 9.55. The Morgan fingerprint density at radius 3 is 2.94 bits per heavy atom. The molecular weight excluding hydrogens is 224 g/mol. The lowest BCUT2D eigenvalue weighted by atomic mass is 10.2. The van der Waals surface area contributed by atoms with Crippen LogP contribution in [0.4, 0.5) is 0 Å². The van der Waals surface area contributed by atoms with Gasteiger partial charge in [-0.15, -0.1) is 0 Å². The van der Waals surface area contributed by atoms with E-state index in [-0.39, 0.29) is 19.1 Å². The highest BCUT2D eigenvalue weighted by molar-refractivity contribution is 5.87. The summed E-state index contributed by atoms with van der Waals surface area (Å²) in [7, 11) is 0. The van der Waals surface area contributed by atoms with Gasteiger partial charge in [0.05, 0.1) is 6.54 Å². The molecule has 0 aliphatic carbocycles. The summed E-state index contributed by atoms with van der Waals surface area (Å²) in [6.45, 7) is 4.02. The van der Waals surface area contributed by atoms with Gasteiger partial charge in [0.1, 0.15) is 12.6 Å². The summed E-state index contributed by atoms with van der Waals surface area (Å²) in [5, 5.41) is 2.29. The molecule has 6 heteroatoms. The van der Waals surface area contributed by atoms with Crippen LogP contribution in [0.15, 0.2) is 12.7 Å². The SMILES string of the molecule is C=CCOC(=O)[C@H]1CCCN1C(=O)CNC=O. The van der Waals surface area contributed by atoms with Crippen LogP contribution >= 0.6 is 0 Å². The van der Waals surface area contributed by atoms with Gasteiger partial charge in [-0.05, 0) is 12.8 Å². The largest absolute Gasteiger partial charge is 0.460 e. The van der Waals surface area contributed by atoms with Crippen molar-refractivity contribution in [1.82, 2.24) is 10.2 Å². The van der Waals surface area contributed by atoms with Crippen LogP contribution in [-0.4, -0.2) is 48.9 Å². The van der Waals surface area contributed by atoms with Gasteiger partial charge < -0.3 is 15.0 Å². The summed E-state index contributed by atoms with van der Waals surface area (Å²) < 4.78 is 4.92. The summed E-state index contributed by atoms with van der Waals surface area (Å²) in [4.78, 5) is 34.9. The van der Waals surface area contributed by atoms with Crippen LogP contribution in [-0.2, 0) is 19.1 Å². The van der Waals surface area contributed by atoms with E-state index in [2.05, 4.69) is 11.9 Å². The number of carbonyl (C=O) groups excluding carboxylic acids is 3. The minimum Gasteiger partial charge on any atom is -0.460 e. The van der Waals surface area contributed by atoms with Crippen LogP contribution < -0.4 is 5.32 Å². The standard InChI is InChI=1S/C11H16N2O4/c1-2-6-17-11(16)9-4-3-5-13(9)10(15)7-12-8-14/h2,8-9H,1,3-7H2,(H,12,14)/t9-/m1/s1. The van der Waals surface area contributed by atoms with Crippen molar-refractivity contribution in [2.75, 3.05) is 19.7 Å². The molecule has 0 spiro atoms. The Morgan fingerprint density at radius 1 is 1.53 bits per heavy atom. The number of hydrogen-bond acceptors (Lipinski definition) is 4. The van der Waals surface area contributed by atoms with Crippen molar-refractivity contribution in [3.8, 4) is 0 Å².